The van der Waals surface area contributed by atoms with E-state index in [0.717, 1.165) is 35.4 Å². The van der Waals surface area contributed by atoms with Crippen LogP contribution >= 0.6 is 0 Å². The van der Waals surface area contributed by atoms with E-state index in [1.165, 1.54) is 83.0 Å². The Bertz CT molecular complexity index is 1160. The maximum Gasteiger partial charge on any atom is 0.658 e. The topological polar surface area (TPSA) is 44.2 Å². The summed E-state index contributed by atoms with van der Waals surface area (Å²) in [5.41, 5.74) is 6.69. The molecule has 4 aromatic rings. The van der Waals surface area contributed by atoms with Crippen molar-refractivity contribution >= 4 is 7.69 Å². The second-order valence-electron chi connectivity index (χ2n) is 10.8. The van der Waals surface area contributed by atoms with Crippen molar-refractivity contribution in [1.82, 2.24) is 9.97 Å². The molecule has 0 aliphatic rings. The maximum absolute atomic E-state index is 5.69. The highest BCUT2D eigenvalue weighted by Gasteiger charge is 2.06. The first-order valence-electron chi connectivity index (χ1n) is 15.5. The van der Waals surface area contributed by atoms with Crippen molar-refractivity contribution in [2.75, 3.05) is 0 Å². The van der Waals surface area contributed by atoms with Crippen molar-refractivity contribution in [2.24, 2.45) is 0 Å². The molecular formula is C36H44BN2O2. The molecule has 1 radical (unpaired) electrons. The third-order valence-corrected chi connectivity index (χ3v) is 7.46. The smallest absolute Gasteiger partial charge is 0.526 e. The minimum absolute atomic E-state index is 0.712. The first-order chi connectivity index (χ1) is 20.2. The van der Waals surface area contributed by atoms with Gasteiger partial charge in [0, 0.05) is 23.5 Å². The summed E-state index contributed by atoms with van der Waals surface area (Å²) in [5.74, 6) is 1.42. The molecule has 2 aromatic carbocycles. The Hall–Kier alpha value is -3.60. The van der Waals surface area contributed by atoms with Gasteiger partial charge in [-0.2, -0.15) is 0 Å². The fourth-order valence-electron chi connectivity index (χ4n) is 4.90. The molecule has 0 atom stereocenters. The van der Waals surface area contributed by atoms with Gasteiger partial charge in [0.1, 0.15) is 11.5 Å². The highest BCUT2D eigenvalue weighted by Crippen LogP contribution is 2.23. The molecule has 4 nitrogen and oxygen atoms in total. The molecule has 41 heavy (non-hydrogen) atoms. The molecular weight excluding hydrogens is 503 g/mol. The van der Waals surface area contributed by atoms with Crippen LogP contribution in [-0.2, 0) is 12.8 Å². The number of nitrogens with zero attached hydrogens (tertiary/aromatic N) is 2. The highest BCUT2D eigenvalue weighted by molar-refractivity contribution is 6.20. The number of pyridine rings is 2. The standard InChI is InChI=1S/C36H44BN2O2/c1-3-5-7-9-11-13-29-15-25-35(38-27-29)31-17-21-33(22-18-31)40-37-41-34-23-19-32(20-24-34)36-26-16-30(28-39-36)14-12-10-8-6-4-2/h15-28H,3-14H2,1-2H3. The zero-order chi connectivity index (χ0) is 28.5. The summed E-state index contributed by atoms with van der Waals surface area (Å²) in [6.07, 6.45) is 19.2. The molecule has 213 valence electrons. The Kier molecular flexibility index (Phi) is 12.8. The third kappa shape index (κ3) is 10.4. The van der Waals surface area contributed by atoms with E-state index in [0.29, 0.717) is 11.5 Å². The van der Waals surface area contributed by atoms with Crippen LogP contribution < -0.4 is 9.31 Å². The molecule has 0 aliphatic heterocycles. The molecule has 0 N–H and O–H groups in total. The van der Waals surface area contributed by atoms with Crippen LogP contribution in [0, 0.1) is 0 Å². The normalized spacial score (nSPS) is 10.9. The Morgan fingerprint density at radius 2 is 0.902 bits per heavy atom. The van der Waals surface area contributed by atoms with Gasteiger partial charge in [-0.1, -0.05) is 77.3 Å². The summed E-state index contributed by atoms with van der Waals surface area (Å²) in [5, 5.41) is 0. The summed E-state index contributed by atoms with van der Waals surface area (Å²) in [6.45, 7) is 4.50. The number of benzene rings is 2. The van der Waals surface area contributed by atoms with Gasteiger partial charge in [0.25, 0.3) is 0 Å². The number of unbranched alkanes of at least 4 members (excludes halogenated alkanes) is 8. The van der Waals surface area contributed by atoms with E-state index < -0.39 is 0 Å². The van der Waals surface area contributed by atoms with Gasteiger partial charge in [0.15, 0.2) is 0 Å². The van der Waals surface area contributed by atoms with Gasteiger partial charge in [-0.05, 0) is 97.5 Å². The van der Waals surface area contributed by atoms with Crippen LogP contribution in [0.3, 0.4) is 0 Å². The van der Waals surface area contributed by atoms with E-state index in [9.17, 15) is 0 Å². The summed E-state index contributed by atoms with van der Waals surface area (Å²) in [7, 11) is 1.37. The Morgan fingerprint density at radius 3 is 1.27 bits per heavy atom. The van der Waals surface area contributed by atoms with Crippen LogP contribution in [0.15, 0.2) is 85.2 Å². The molecule has 0 amide bonds. The van der Waals surface area contributed by atoms with E-state index in [4.69, 9.17) is 9.31 Å². The van der Waals surface area contributed by atoms with Crippen LogP contribution in [0.25, 0.3) is 22.5 Å². The first-order valence-corrected chi connectivity index (χ1v) is 15.5. The highest BCUT2D eigenvalue weighted by atomic mass is 16.6. The number of hydrogen-bond donors (Lipinski definition) is 0. The first kappa shape index (κ1) is 30.4. The van der Waals surface area contributed by atoms with Crippen molar-refractivity contribution in [1.29, 1.82) is 0 Å². The number of rotatable bonds is 18. The molecule has 0 aliphatic carbocycles. The van der Waals surface area contributed by atoms with Crippen LogP contribution in [0.1, 0.15) is 89.2 Å². The number of hydrogen-bond acceptors (Lipinski definition) is 4. The molecule has 5 heteroatoms. The zero-order valence-electron chi connectivity index (χ0n) is 24.9. The largest absolute Gasteiger partial charge is 0.658 e. The van der Waals surface area contributed by atoms with E-state index >= 15 is 0 Å². The lowest BCUT2D eigenvalue weighted by Gasteiger charge is -2.09. The van der Waals surface area contributed by atoms with Crippen LogP contribution in [0.4, 0.5) is 0 Å². The lowest BCUT2D eigenvalue weighted by atomic mass is 10.1. The Labute approximate surface area is 247 Å². The van der Waals surface area contributed by atoms with Crippen molar-refractivity contribution in [2.45, 2.75) is 90.9 Å². The monoisotopic (exact) mass is 547 g/mol. The van der Waals surface area contributed by atoms with Crippen molar-refractivity contribution < 1.29 is 9.31 Å². The molecule has 2 aromatic heterocycles. The summed E-state index contributed by atoms with van der Waals surface area (Å²) < 4.78 is 11.4. The minimum Gasteiger partial charge on any atom is -0.526 e. The van der Waals surface area contributed by atoms with E-state index in [1.54, 1.807) is 0 Å². The van der Waals surface area contributed by atoms with Gasteiger partial charge in [-0.15, -0.1) is 0 Å². The number of aromatic nitrogens is 2. The number of aryl methyl sites for hydroxylation is 2. The average molecular weight is 548 g/mol. The summed E-state index contributed by atoms with van der Waals surface area (Å²) >= 11 is 0. The third-order valence-electron chi connectivity index (χ3n) is 7.46. The van der Waals surface area contributed by atoms with Crippen LogP contribution in [-0.4, -0.2) is 17.7 Å². The van der Waals surface area contributed by atoms with Crippen molar-refractivity contribution in [3.05, 3.63) is 96.3 Å². The van der Waals surface area contributed by atoms with Gasteiger partial charge in [0.05, 0.1) is 11.4 Å². The van der Waals surface area contributed by atoms with Gasteiger partial charge in [-0.3, -0.25) is 9.97 Å². The lowest BCUT2D eigenvalue weighted by Crippen LogP contribution is -2.10. The van der Waals surface area contributed by atoms with Crippen LogP contribution in [0.5, 0.6) is 11.5 Å². The van der Waals surface area contributed by atoms with E-state index in [2.05, 4.69) is 48.1 Å². The predicted octanol–water partition coefficient (Wildman–Crippen LogP) is 9.83. The van der Waals surface area contributed by atoms with E-state index in [1.807, 2.05) is 60.9 Å². The molecule has 0 spiro atoms. The Morgan fingerprint density at radius 1 is 0.488 bits per heavy atom. The predicted molar refractivity (Wildman–Crippen MR) is 171 cm³/mol. The zero-order valence-corrected chi connectivity index (χ0v) is 24.9. The fraction of sp³-hybridized carbons (Fsp3) is 0.389. The van der Waals surface area contributed by atoms with Gasteiger partial charge in [0.2, 0.25) is 0 Å². The van der Waals surface area contributed by atoms with Crippen LogP contribution in [0.2, 0.25) is 0 Å². The second kappa shape index (κ2) is 17.3. The Balaban J connectivity index is 1.18. The van der Waals surface area contributed by atoms with Crippen molar-refractivity contribution in [3.63, 3.8) is 0 Å². The fourth-order valence-corrected chi connectivity index (χ4v) is 4.90. The summed E-state index contributed by atoms with van der Waals surface area (Å²) in [6, 6.07) is 24.4. The molecule has 0 fully saturated rings. The molecule has 2 heterocycles. The minimum atomic E-state index is 0.712. The molecule has 4 rings (SSSR count). The van der Waals surface area contributed by atoms with Gasteiger partial charge in [-0.25, -0.2) is 0 Å². The molecule has 0 bridgehead atoms. The quantitative estimate of drug-likeness (QED) is 0.0919. The molecule has 0 unspecified atom stereocenters. The summed E-state index contributed by atoms with van der Waals surface area (Å²) in [4.78, 5) is 9.34. The SMILES string of the molecule is CCCCCCCc1ccc(-c2ccc(O[B]Oc3ccc(-c4ccc(CCCCCCC)cn4)cc3)cc2)nc1. The maximum atomic E-state index is 5.69. The lowest BCUT2D eigenvalue weighted by molar-refractivity contribution is 0.459. The molecule has 0 saturated carbocycles. The van der Waals surface area contributed by atoms with E-state index in [-0.39, 0.29) is 0 Å². The average Bonchev–Trinajstić information content (AvgIpc) is 3.02. The van der Waals surface area contributed by atoms with Gasteiger partial charge < -0.3 is 9.31 Å². The van der Waals surface area contributed by atoms with Crippen molar-refractivity contribution in [3.8, 4) is 34.0 Å². The second-order valence-corrected chi connectivity index (χ2v) is 10.8. The molecule has 0 saturated heterocycles. The van der Waals surface area contributed by atoms with Gasteiger partial charge >= 0.3 is 7.69 Å².